The van der Waals surface area contributed by atoms with Crippen molar-refractivity contribution >= 4 is 23.1 Å². The van der Waals surface area contributed by atoms with Gasteiger partial charge in [0.15, 0.2) is 0 Å². The molecule has 0 aliphatic carbocycles. The minimum atomic E-state index is 0.650. The van der Waals surface area contributed by atoms with E-state index in [4.69, 9.17) is 11.0 Å². The zero-order chi connectivity index (χ0) is 11.4. The Balaban J connectivity index is 2.00. The van der Waals surface area contributed by atoms with Gasteiger partial charge in [-0.1, -0.05) is 0 Å². The summed E-state index contributed by atoms with van der Waals surface area (Å²) in [6.45, 7) is 0.950. The van der Waals surface area contributed by atoms with Gasteiger partial charge in [0.2, 0.25) is 0 Å². The standard InChI is InChI=1S/C12H15N3S/c13-6-9-1-2-11(14)12(5-9)15-7-10-3-4-16-8-10/h1-2,5,10,15H,3-4,7-8,14H2. The van der Waals surface area contributed by atoms with Crippen LogP contribution in [-0.2, 0) is 0 Å². The highest BCUT2D eigenvalue weighted by Crippen LogP contribution is 2.25. The lowest BCUT2D eigenvalue weighted by Gasteiger charge is -2.13. The molecule has 1 saturated heterocycles. The normalized spacial score (nSPS) is 19.3. The molecule has 2 rings (SSSR count). The zero-order valence-corrected chi connectivity index (χ0v) is 9.89. The van der Waals surface area contributed by atoms with E-state index in [-0.39, 0.29) is 0 Å². The molecule has 1 fully saturated rings. The molecule has 84 valence electrons. The van der Waals surface area contributed by atoms with Crippen LogP contribution in [0.4, 0.5) is 11.4 Å². The SMILES string of the molecule is N#Cc1ccc(N)c(NCC2CCSC2)c1. The highest BCUT2D eigenvalue weighted by molar-refractivity contribution is 7.99. The molecular weight excluding hydrogens is 218 g/mol. The molecule has 0 saturated carbocycles. The molecule has 4 heteroatoms. The van der Waals surface area contributed by atoms with Gasteiger partial charge in [-0.2, -0.15) is 17.0 Å². The molecule has 1 aliphatic heterocycles. The van der Waals surface area contributed by atoms with Crippen molar-refractivity contribution in [2.45, 2.75) is 6.42 Å². The van der Waals surface area contributed by atoms with Gasteiger partial charge in [-0.3, -0.25) is 0 Å². The van der Waals surface area contributed by atoms with Crippen LogP contribution in [0, 0.1) is 17.2 Å². The number of hydrogen-bond acceptors (Lipinski definition) is 4. The first-order chi connectivity index (χ1) is 7.79. The Kier molecular flexibility index (Phi) is 3.58. The topological polar surface area (TPSA) is 61.8 Å². The molecule has 1 aromatic carbocycles. The highest BCUT2D eigenvalue weighted by atomic mass is 32.2. The molecule has 0 radical (unpaired) electrons. The fraction of sp³-hybridized carbons (Fsp3) is 0.417. The lowest BCUT2D eigenvalue weighted by Crippen LogP contribution is -2.14. The second-order valence-corrected chi connectivity index (χ2v) is 5.17. The Morgan fingerprint density at radius 3 is 3.12 bits per heavy atom. The van der Waals surface area contributed by atoms with Crippen molar-refractivity contribution in [3.8, 4) is 6.07 Å². The molecule has 0 bridgehead atoms. The number of hydrogen-bond donors (Lipinski definition) is 2. The molecule has 1 aromatic rings. The fourth-order valence-corrected chi connectivity index (χ4v) is 3.06. The van der Waals surface area contributed by atoms with Crippen molar-refractivity contribution in [3.63, 3.8) is 0 Å². The minimum absolute atomic E-state index is 0.650. The largest absolute Gasteiger partial charge is 0.397 e. The summed E-state index contributed by atoms with van der Waals surface area (Å²) in [6.07, 6.45) is 1.27. The summed E-state index contributed by atoms with van der Waals surface area (Å²) >= 11 is 2.01. The van der Waals surface area contributed by atoms with Gasteiger partial charge in [-0.05, 0) is 42.0 Å². The number of benzene rings is 1. The number of nitriles is 1. The molecule has 0 spiro atoms. The summed E-state index contributed by atoms with van der Waals surface area (Å²) in [4.78, 5) is 0. The van der Waals surface area contributed by atoms with Gasteiger partial charge in [-0.15, -0.1) is 0 Å². The second-order valence-electron chi connectivity index (χ2n) is 4.02. The Labute approximate surface area is 100 Å². The molecule has 3 nitrogen and oxygen atoms in total. The number of thioether (sulfide) groups is 1. The molecule has 1 unspecified atom stereocenters. The maximum Gasteiger partial charge on any atom is 0.0992 e. The summed E-state index contributed by atoms with van der Waals surface area (Å²) in [5.41, 5.74) is 8.10. The first kappa shape index (κ1) is 11.2. The van der Waals surface area contributed by atoms with Crippen LogP contribution in [0.25, 0.3) is 0 Å². The molecule has 0 amide bonds. The molecule has 16 heavy (non-hydrogen) atoms. The van der Waals surface area contributed by atoms with Crippen molar-refractivity contribution in [2.75, 3.05) is 29.1 Å². The van der Waals surface area contributed by atoms with Crippen molar-refractivity contribution in [3.05, 3.63) is 23.8 Å². The molecular formula is C12H15N3S. The molecule has 1 aliphatic rings. The third-order valence-electron chi connectivity index (χ3n) is 2.79. The minimum Gasteiger partial charge on any atom is -0.397 e. The Bertz CT molecular complexity index is 405. The van der Waals surface area contributed by atoms with Crippen molar-refractivity contribution in [1.29, 1.82) is 5.26 Å². The Hall–Kier alpha value is -1.34. The zero-order valence-electron chi connectivity index (χ0n) is 9.07. The van der Waals surface area contributed by atoms with Crippen molar-refractivity contribution < 1.29 is 0 Å². The maximum absolute atomic E-state index is 8.81. The first-order valence-corrected chi connectivity index (χ1v) is 6.56. The molecule has 1 heterocycles. The van der Waals surface area contributed by atoms with Gasteiger partial charge in [0.05, 0.1) is 23.0 Å². The average Bonchev–Trinajstić information content (AvgIpc) is 2.81. The predicted octanol–water partition coefficient (Wildman–Crippen LogP) is 2.31. The fourth-order valence-electron chi connectivity index (χ4n) is 1.78. The van der Waals surface area contributed by atoms with E-state index in [1.807, 2.05) is 17.8 Å². The number of nitrogens with zero attached hydrogens (tertiary/aromatic N) is 1. The van der Waals surface area contributed by atoms with E-state index in [9.17, 15) is 0 Å². The van der Waals surface area contributed by atoms with E-state index in [1.54, 1.807) is 12.1 Å². The van der Waals surface area contributed by atoms with Crippen LogP contribution in [0.5, 0.6) is 0 Å². The Morgan fingerprint density at radius 2 is 2.44 bits per heavy atom. The molecule has 0 aromatic heterocycles. The smallest absolute Gasteiger partial charge is 0.0992 e. The van der Waals surface area contributed by atoms with Crippen molar-refractivity contribution in [2.24, 2.45) is 5.92 Å². The monoisotopic (exact) mass is 233 g/mol. The van der Waals surface area contributed by atoms with Gasteiger partial charge in [0.25, 0.3) is 0 Å². The lowest BCUT2D eigenvalue weighted by atomic mass is 10.1. The quantitative estimate of drug-likeness (QED) is 0.786. The van der Waals surface area contributed by atoms with E-state index in [1.165, 1.54) is 17.9 Å². The van der Waals surface area contributed by atoms with Crippen LogP contribution in [0.1, 0.15) is 12.0 Å². The lowest BCUT2D eigenvalue weighted by molar-refractivity contribution is 0.632. The van der Waals surface area contributed by atoms with Crippen LogP contribution in [0.15, 0.2) is 18.2 Å². The van der Waals surface area contributed by atoms with Crippen LogP contribution < -0.4 is 11.1 Å². The molecule has 1 atom stereocenters. The number of nitrogens with one attached hydrogen (secondary N) is 1. The van der Waals surface area contributed by atoms with E-state index in [0.717, 1.165) is 18.2 Å². The van der Waals surface area contributed by atoms with Crippen molar-refractivity contribution in [1.82, 2.24) is 0 Å². The van der Waals surface area contributed by atoms with Crippen LogP contribution >= 0.6 is 11.8 Å². The third-order valence-corrected chi connectivity index (χ3v) is 4.02. The molecule has 3 N–H and O–H groups in total. The van der Waals surface area contributed by atoms with Gasteiger partial charge in [0.1, 0.15) is 0 Å². The summed E-state index contributed by atoms with van der Waals surface area (Å²) in [5.74, 6) is 3.22. The van der Waals surface area contributed by atoms with E-state index >= 15 is 0 Å². The number of rotatable bonds is 3. The highest BCUT2D eigenvalue weighted by Gasteiger charge is 2.15. The first-order valence-electron chi connectivity index (χ1n) is 5.41. The summed E-state index contributed by atoms with van der Waals surface area (Å²) in [5, 5.41) is 12.2. The van der Waals surface area contributed by atoms with Crippen LogP contribution in [0.2, 0.25) is 0 Å². The van der Waals surface area contributed by atoms with E-state index in [0.29, 0.717) is 11.3 Å². The average molecular weight is 233 g/mol. The van der Waals surface area contributed by atoms with Crippen LogP contribution in [-0.4, -0.2) is 18.1 Å². The number of nitrogen functional groups attached to an aromatic ring is 1. The van der Waals surface area contributed by atoms with Gasteiger partial charge in [0, 0.05) is 6.54 Å². The van der Waals surface area contributed by atoms with E-state index < -0.39 is 0 Å². The summed E-state index contributed by atoms with van der Waals surface area (Å²) in [7, 11) is 0. The summed E-state index contributed by atoms with van der Waals surface area (Å²) < 4.78 is 0. The maximum atomic E-state index is 8.81. The number of anilines is 2. The van der Waals surface area contributed by atoms with Gasteiger partial charge < -0.3 is 11.1 Å². The van der Waals surface area contributed by atoms with Crippen LogP contribution in [0.3, 0.4) is 0 Å². The van der Waals surface area contributed by atoms with Gasteiger partial charge in [-0.25, -0.2) is 0 Å². The predicted molar refractivity (Wildman–Crippen MR) is 69.5 cm³/mol. The van der Waals surface area contributed by atoms with E-state index in [2.05, 4.69) is 11.4 Å². The third kappa shape index (κ3) is 2.61. The summed E-state index contributed by atoms with van der Waals surface area (Å²) in [6, 6.07) is 7.46. The second kappa shape index (κ2) is 5.13. The Morgan fingerprint density at radius 1 is 1.56 bits per heavy atom. The van der Waals surface area contributed by atoms with Gasteiger partial charge >= 0.3 is 0 Å². The number of nitrogens with two attached hydrogens (primary N) is 1.